The number of ether oxygens (including phenoxy) is 1. The number of aliphatic carboxylic acids is 1. The molecule has 1 atom stereocenters. The van der Waals surface area contributed by atoms with Crippen LogP contribution in [-0.4, -0.2) is 42.1 Å². The van der Waals surface area contributed by atoms with Crippen molar-refractivity contribution in [3.05, 3.63) is 29.8 Å². The van der Waals surface area contributed by atoms with Gasteiger partial charge in [0.15, 0.2) is 0 Å². The van der Waals surface area contributed by atoms with E-state index in [1.54, 1.807) is 0 Å². The van der Waals surface area contributed by atoms with Gasteiger partial charge in [0.25, 0.3) is 5.91 Å². The standard InChI is InChI=1S/C13H15F2NO4/c1-8(12(18)19)7-16(2)11(17)9-5-3-4-6-10(9)20-13(14)15/h3-6,8,13H,7H2,1-2H3,(H,18,19). The van der Waals surface area contributed by atoms with Crippen LogP contribution in [0.25, 0.3) is 0 Å². The number of nitrogens with zero attached hydrogens (tertiary/aromatic N) is 1. The van der Waals surface area contributed by atoms with Crippen LogP contribution in [0.5, 0.6) is 5.75 Å². The van der Waals surface area contributed by atoms with E-state index < -0.39 is 24.4 Å². The van der Waals surface area contributed by atoms with Crippen LogP contribution in [0, 0.1) is 5.92 Å². The maximum Gasteiger partial charge on any atom is 0.387 e. The Morgan fingerprint density at radius 3 is 2.50 bits per heavy atom. The highest BCUT2D eigenvalue weighted by molar-refractivity contribution is 5.97. The average Bonchev–Trinajstić information content (AvgIpc) is 2.37. The van der Waals surface area contributed by atoms with E-state index in [1.807, 2.05) is 0 Å². The van der Waals surface area contributed by atoms with Crippen LogP contribution >= 0.6 is 0 Å². The third-order valence-electron chi connectivity index (χ3n) is 2.65. The molecule has 0 saturated heterocycles. The number of carboxylic acids is 1. The fourth-order valence-corrected chi connectivity index (χ4v) is 1.62. The van der Waals surface area contributed by atoms with Crippen LogP contribution < -0.4 is 4.74 Å². The molecule has 1 unspecified atom stereocenters. The number of carboxylic acid groups (broad SMARTS) is 1. The van der Waals surface area contributed by atoms with E-state index in [0.29, 0.717) is 0 Å². The first-order chi connectivity index (χ1) is 9.32. The van der Waals surface area contributed by atoms with Crippen LogP contribution in [0.15, 0.2) is 24.3 Å². The van der Waals surface area contributed by atoms with E-state index in [0.717, 1.165) is 4.90 Å². The molecule has 20 heavy (non-hydrogen) atoms. The maximum atomic E-state index is 12.3. The van der Waals surface area contributed by atoms with Gasteiger partial charge in [-0.2, -0.15) is 8.78 Å². The van der Waals surface area contributed by atoms with Crippen molar-refractivity contribution in [2.24, 2.45) is 5.92 Å². The molecule has 1 amide bonds. The lowest BCUT2D eigenvalue weighted by Gasteiger charge is -2.20. The normalized spacial score (nSPS) is 12.1. The highest BCUT2D eigenvalue weighted by Crippen LogP contribution is 2.21. The number of hydrogen-bond donors (Lipinski definition) is 1. The molecule has 7 heteroatoms. The Balaban J connectivity index is 2.88. The molecule has 0 bridgehead atoms. The second kappa shape index (κ2) is 6.83. The smallest absolute Gasteiger partial charge is 0.387 e. The van der Waals surface area contributed by atoms with E-state index in [1.165, 1.54) is 38.2 Å². The first-order valence-corrected chi connectivity index (χ1v) is 5.85. The van der Waals surface area contributed by atoms with Gasteiger partial charge in [-0.1, -0.05) is 19.1 Å². The number of benzene rings is 1. The molecule has 0 aliphatic rings. The van der Waals surface area contributed by atoms with Crippen molar-refractivity contribution in [1.82, 2.24) is 4.90 Å². The van der Waals surface area contributed by atoms with Gasteiger partial charge in [-0.3, -0.25) is 9.59 Å². The average molecular weight is 287 g/mol. The SMILES string of the molecule is CC(CN(C)C(=O)c1ccccc1OC(F)F)C(=O)O. The number of hydrogen-bond acceptors (Lipinski definition) is 3. The summed E-state index contributed by atoms with van der Waals surface area (Å²) in [5.74, 6) is -2.61. The molecular weight excluding hydrogens is 272 g/mol. The van der Waals surface area contributed by atoms with Crippen molar-refractivity contribution in [2.75, 3.05) is 13.6 Å². The number of alkyl halides is 2. The summed E-state index contributed by atoms with van der Waals surface area (Å²) in [7, 11) is 1.40. The van der Waals surface area contributed by atoms with Crippen LogP contribution in [-0.2, 0) is 4.79 Å². The van der Waals surface area contributed by atoms with Gasteiger partial charge in [0.05, 0.1) is 11.5 Å². The number of halogens is 2. The van der Waals surface area contributed by atoms with Crippen molar-refractivity contribution in [2.45, 2.75) is 13.5 Å². The zero-order chi connectivity index (χ0) is 15.3. The van der Waals surface area contributed by atoms with Crippen LogP contribution in [0.2, 0.25) is 0 Å². The molecule has 0 saturated carbocycles. The number of para-hydroxylation sites is 1. The Labute approximate surface area is 114 Å². The number of rotatable bonds is 6. The zero-order valence-electron chi connectivity index (χ0n) is 11.0. The van der Waals surface area contributed by atoms with E-state index in [4.69, 9.17) is 5.11 Å². The summed E-state index contributed by atoms with van der Waals surface area (Å²) in [5.41, 5.74) is -0.0344. The van der Waals surface area contributed by atoms with Crippen LogP contribution in [0.1, 0.15) is 17.3 Å². The van der Waals surface area contributed by atoms with Crippen molar-refractivity contribution in [3.8, 4) is 5.75 Å². The van der Waals surface area contributed by atoms with Gasteiger partial charge < -0.3 is 14.7 Å². The minimum absolute atomic E-state index is 0.0306. The first-order valence-electron chi connectivity index (χ1n) is 5.85. The Kier molecular flexibility index (Phi) is 5.42. The lowest BCUT2D eigenvalue weighted by molar-refractivity contribution is -0.141. The van der Waals surface area contributed by atoms with Gasteiger partial charge in [-0.15, -0.1) is 0 Å². The van der Waals surface area contributed by atoms with Gasteiger partial charge >= 0.3 is 12.6 Å². The fraction of sp³-hybridized carbons (Fsp3) is 0.385. The van der Waals surface area contributed by atoms with E-state index in [9.17, 15) is 18.4 Å². The quantitative estimate of drug-likeness (QED) is 0.870. The predicted octanol–water partition coefficient (Wildman–Crippen LogP) is 2.08. The molecule has 1 rings (SSSR count). The summed E-state index contributed by atoms with van der Waals surface area (Å²) >= 11 is 0. The lowest BCUT2D eigenvalue weighted by Crippen LogP contribution is -2.34. The molecule has 0 fully saturated rings. The summed E-state index contributed by atoms with van der Waals surface area (Å²) in [6, 6.07) is 5.59. The summed E-state index contributed by atoms with van der Waals surface area (Å²) in [6.07, 6.45) is 0. The Morgan fingerprint density at radius 2 is 1.95 bits per heavy atom. The van der Waals surface area contributed by atoms with Crippen molar-refractivity contribution in [1.29, 1.82) is 0 Å². The first kappa shape index (κ1) is 15.9. The molecule has 0 radical (unpaired) electrons. The molecule has 1 aromatic rings. The molecular formula is C13H15F2NO4. The summed E-state index contributed by atoms with van der Waals surface area (Å²) in [6.45, 7) is -1.61. The molecule has 0 aromatic heterocycles. The number of amides is 1. The second-order valence-electron chi connectivity index (χ2n) is 4.30. The van der Waals surface area contributed by atoms with Crippen LogP contribution in [0.4, 0.5) is 8.78 Å². The molecule has 5 nitrogen and oxygen atoms in total. The maximum absolute atomic E-state index is 12.3. The lowest BCUT2D eigenvalue weighted by atomic mass is 10.1. The van der Waals surface area contributed by atoms with Crippen molar-refractivity contribution >= 4 is 11.9 Å². The highest BCUT2D eigenvalue weighted by Gasteiger charge is 2.21. The van der Waals surface area contributed by atoms with Crippen LogP contribution in [0.3, 0.4) is 0 Å². The Bertz CT molecular complexity index is 493. The minimum atomic E-state index is -3.04. The van der Waals surface area contributed by atoms with Crippen molar-refractivity contribution in [3.63, 3.8) is 0 Å². The monoisotopic (exact) mass is 287 g/mol. The molecule has 110 valence electrons. The molecule has 0 heterocycles. The largest absolute Gasteiger partial charge is 0.481 e. The molecule has 0 spiro atoms. The van der Waals surface area contributed by atoms with Gasteiger partial charge in [0.1, 0.15) is 5.75 Å². The Hall–Kier alpha value is -2.18. The minimum Gasteiger partial charge on any atom is -0.481 e. The highest BCUT2D eigenvalue weighted by atomic mass is 19.3. The predicted molar refractivity (Wildman–Crippen MR) is 66.8 cm³/mol. The fourth-order valence-electron chi connectivity index (χ4n) is 1.62. The van der Waals surface area contributed by atoms with Gasteiger partial charge in [0.2, 0.25) is 0 Å². The van der Waals surface area contributed by atoms with E-state index in [-0.39, 0.29) is 17.9 Å². The molecule has 0 aliphatic heterocycles. The number of carbonyl (C=O) groups is 2. The van der Waals surface area contributed by atoms with E-state index in [2.05, 4.69) is 4.74 Å². The van der Waals surface area contributed by atoms with E-state index >= 15 is 0 Å². The molecule has 1 aromatic carbocycles. The van der Waals surface area contributed by atoms with Gasteiger partial charge in [-0.25, -0.2) is 0 Å². The summed E-state index contributed by atoms with van der Waals surface area (Å²) < 4.78 is 28.8. The molecule has 1 N–H and O–H groups in total. The summed E-state index contributed by atoms with van der Waals surface area (Å²) in [4.78, 5) is 24.0. The second-order valence-corrected chi connectivity index (χ2v) is 4.30. The number of carbonyl (C=O) groups excluding carboxylic acids is 1. The Morgan fingerprint density at radius 1 is 1.35 bits per heavy atom. The zero-order valence-corrected chi connectivity index (χ0v) is 11.0. The summed E-state index contributed by atoms with van der Waals surface area (Å²) in [5, 5.41) is 8.79. The third-order valence-corrected chi connectivity index (χ3v) is 2.65. The molecule has 0 aliphatic carbocycles. The van der Waals surface area contributed by atoms with Gasteiger partial charge in [0, 0.05) is 13.6 Å². The third kappa shape index (κ3) is 4.18. The van der Waals surface area contributed by atoms with Crippen molar-refractivity contribution < 1.29 is 28.2 Å². The topological polar surface area (TPSA) is 66.8 Å². The van der Waals surface area contributed by atoms with Gasteiger partial charge in [-0.05, 0) is 12.1 Å².